The normalized spacial score (nSPS) is 10.4. The van der Waals surface area contributed by atoms with Crippen molar-refractivity contribution in [1.82, 2.24) is 5.32 Å². The highest BCUT2D eigenvalue weighted by atomic mass is 32.2. The molecule has 0 unspecified atom stereocenters. The van der Waals surface area contributed by atoms with E-state index in [0.29, 0.717) is 18.7 Å². The number of aryl methyl sites for hydroxylation is 1. The largest absolute Gasteiger partial charge is 0.355 e. The summed E-state index contributed by atoms with van der Waals surface area (Å²) >= 11 is 1.54. The molecule has 110 valence electrons. The highest BCUT2D eigenvalue weighted by molar-refractivity contribution is 8.00. The van der Waals surface area contributed by atoms with E-state index < -0.39 is 0 Å². The molecule has 0 saturated carbocycles. The summed E-state index contributed by atoms with van der Waals surface area (Å²) in [6.45, 7) is 2.60. The number of hydrogen-bond acceptors (Lipinski definition) is 2. The lowest BCUT2D eigenvalue weighted by Gasteiger charge is -2.07. The predicted molar refractivity (Wildman–Crippen MR) is 85.0 cm³/mol. The number of carbonyl (C=O) groups excluding carboxylic acids is 1. The van der Waals surface area contributed by atoms with Gasteiger partial charge in [-0.25, -0.2) is 4.39 Å². The number of amides is 1. The number of carbonyl (C=O) groups is 1. The number of halogens is 1. The zero-order chi connectivity index (χ0) is 15.1. The van der Waals surface area contributed by atoms with Crippen molar-refractivity contribution >= 4 is 17.7 Å². The first-order valence-electron chi connectivity index (χ1n) is 6.85. The molecule has 0 spiro atoms. The lowest BCUT2D eigenvalue weighted by atomic mass is 10.1. The van der Waals surface area contributed by atoms with E-state index in [2.05, 4.69) is 5.32 Å². The smallest absolute Gasteiger partial charge is 0.230 e. The topological polar surface area (TPSA) is 29.1 Å². The molecule has 0 radical (unpaired) electrons. The Morgan fingerprint density at radius 2 is 1.86 bits per heavy atom. The Kier molecular flexibility index (Phi) is 5.81. The summed E-state index contributed by atoms with van der Waals surface area (Å²) in [4.78, 5) is 12.9. The molecule has 2 aromatic rings. The lowest BCUT2D eigenvalue weighted by molar-refractivity contribution is -0.118. The van der Waals surface area contributed by atoms with Crippen LogP contribution in [0, 0.1) is 12.7 Å². The lowest BCUT2D eigenvalue weighted by Crippen LogP contribution is -2.27. The standard InChI is InChI=1S/C17H18FNOS/c1-13-4-2-3-5-16(13)21-12-17(20)19-11-10-14-6-8-15(18)9-7-14/h2-9H,10-12H2,1H3,(H,19,20). The van der Waals surface area contributed by atoms with Gasteiger partial charge in [-0.05, 0) is 42.7 Å². The van der Waals surface area contributed by atoms with Crippen LogP contribution in [0.4, 0.5) is 4.39 Å². The first-order chi connectivity index (χ1) is 10.1. The maximum Gasteiger partial charge on any atom is 0.230 e. The van der Waals surface area contributed by atoms with Gasteiger partial charge >= 0.3 is 0 Å². The van der Waals surface area contributed by atoms with Crippen LogP contribution in [-0.2, 0) is 11.2 Å². The van der Waals surface area contributed by atoms with Gasteiger partial charge in [0.2, 0.25) is 5.91 Å². The highest BCUT2D eigenvalue weighted by Crippen LogP contribution is 2.21. The van der Waals surface area contributed by atoms with E-state index in [1.807, 2.05) is 31.2 Å². The number of thioether (sulfide) groups is 1. The second-order valence-electron chi connectivity index (χ2n) is 4.78. The van der Waals surface area contributed by atoms with Gasteiger partial charge in [0.1, 0.15) is 5.82 Å². The quantitative estimate of drug-likeness (QED) is 0.826. The van der Waals surface area contributed by atoms with E-state index in [1.165, 1.54) is 17.7 Å². The van der Waals surface area contributed by atoms with Gasteiger partial charge in [-0.15, -0.1) is 11.8 Å². The molecule has 2 rings (SSSR count). The highest BCUT2D eigenvalue weighted by Gasteiger charge is 2.04. The molecule has 0 atom stereocenters. The Morgan fingerprint density at radius 3 is 2.57 bits per heavy atom. The fourth-order valence-corrected chi connectivity index (χ4v) is 2.77. The van der Waals surface area contributed by atoms with Gasteiger partial charge in [0.15, 0.2) is 0 Å². The van der Waals surface area contributed by atoms with Crippen LogP contribution in [0.1, 0.15) is 11.1 Å². The average molecular weight is 303 g/mol. The van der Waals surface area contributed by atoms with Crippen LogP contribution in [-0.4, -0.2) is 18.2 Å². The SMILES string of the molecule is Cc1ccccc1SCC(=O)NCCc1ccc(F)cc1. The summed E-state index contributed by atoms with van der Waals surface area (Å²) in [5.41, 5.74) is 2.20. The molecule has 0 heterocycles. The van der Waals surface area contributed by atoms with Crippen LogP contribution in [0.5, 0.6) is 0 Å². The van der Waals surface area contributed by atoms with Crippen molar-refractivity contribution in [1.29, 1.82) is 0 Å². The Bertz CT molecular complexity index is 598. The summed E-state index contributed by atoms with van der Waals surface area (Å²) in [6.07, 6.45) is 0.709. The van der Waals surface area contributed by atoms with Crippen molar-refractivity contribution in [3.8, 4) is 0 Å². The van der Waals surface area contributed by atoms with Gasteiger partial charge in [-0.3, -0.25) is 4.79 Å². The molecule has 1 N–H and O–H groups in total. The van der Waals surface area contributed by atoms with Crippen LogP contribution in [0.15, 0.2) is 53.4 Å². The maximum atomic E-state index is 12.8. The van der Waals surface area contributed by atoms with Gasteiger partial charge < -0.3 is 5.32 Å². The van der Waals surface area contributed by atoms with Gasteiger partial charge in [-0.1, -0.05) is 30.3 Å². The van der Waals surface area contributed by atoms with Gasteiger partial charge in [-0.2, -0.15) is 0 Å². The predicted octanol–water partition coefficient (Wildman–Crippen LogP) is 3.59. The van der Waals surface area contributed by atoms with Crippen molar-refractivity contribution in [2.45, 2.75) is 18.2 Å². The molecule has 0 aromatic heterocycles. The van der Waals surface area contributed by atoms with Crippen LogP contribution in [0.2, 0.25) is 0 Å². The Labute approximate surface area is 128 Å². The van der Waals surface area contributed by atoms with Crippen molar-refractivity contribution < 1.29 is 9.18 Å². The molecule has 0 fully saturated rings. The molecule has 0 aliphatic carbocycles. The van der Waals surface area contributed by atoms with Gasteiger partial charge in [0, 0.05) is 11.4 Å². The van der Waals surface area contributed by atoms with E-state index in [9.17, 15) is 9.18 Å². The molecule has 4 heteroatoms. The Morgan fingerprint density at radius 1 is 1.14 bits per heavy atom. The summed E-state index contributed by atoms with van der Waals surface area (Å²) in [6, 6.07) is 14.4. The van der Waals surface area contributed by atoms with Crippen LogP contribution in [0.3, 0.4) is 0 Å². The monoisotopic (exact) mass is 303 g/mol. The maximum absolute atomic E-state index is 12.8. The summed E-state index contributed by atoms with van der Waals surface area (Å²) in [5.74, 6) is 0.191. The minimum absolute atomic E-state index is 0.0189. The number of hydrogen-bond donors (Lipinski definition) is 1. The fourth-order valence-electron chi connectivity index (χ4n) is 1.91. The molecular weight excluding hydrogens is 285 g/mol. The molecule has 2 nitrogen and oxygen atoms in total. The molecule has 1 amide bonds. The molecular formula is C17H18FNOS. The zero-order valence-corrected chi connectivity index (χ0v) is 12.8. The fraction of sp³-hybridized carbons (Fsp3) is 0.235. The summed E-state index contributed by atoms with van der Waals surface area (Å²) < 4.78 is 12.8. The molecule has 0 aliphatic heterocycles. The minimum atomic E-state index is -0.239. The number of nitrogens with one attached hydrogen (secondary N) is 1. The molecule has 0 bridgehead atoms. The third-order valence-corrected chi connectivity index (χ3v) is 4.28. The first-order valence-corrected chi connectivity index (χ1v) is 7.83. The third kappa shape index (κ3) is 5.23. The summed E-state index contributed by atoms with van der Waals surface area (Å²) in [7, 11) is 0. The molecule has 0 saturated heterocycles. The van der Waals surface area contributed by atoms with Gasteiger partial charge in [0.25, 0.3) is 0 Å². The van der Waals surface area contributed by atoms with Crippen LogP contribution < -0.4 is 5.32 Å². The van der Waals surface area contributed by atoms with E-state index in [4.69, 9.17) is 0 Å². The molecule has 0 aliphatic rings. The minimum Gasteiger partial charge on any atom is -0.355 e. The van der Waals surface area contributed by atoms with Crippen LogP contribution >= 0.6 is 11.8 Å². The van der Waals surface area contributed by atoms with Crippen molar-refractivity contribution in [3.05, 3.63) is 65.5 Å². The van der Waals surface area contributed by atoms with E-state index in [1.54, 1.807) is 23.9 Å². The molecule has 2 aromatic carbocycles. The van der Waals surface area contributed by atoms with Gasteiger partial charge in [0.05, 0.1) is 5.75 Å². The number of benzene rings is 2. The van der Waals surface area contributed by atoms with Crippen LogP contribution in [0.25, 0.3) is 0 Å². The second kappa shape index (κ2) is 7.84. The van der Waals surface area contributed by atoms with Crippen molar-refractivity contribution in [2.75, 3.05) is 12.3 Å². The van der Waals surface area contributed by atoms with E-state index in [-0.39, 0.29) is 11.7 Å². The Hall–Kier alpha value is -1.81. The third-order valence-electron chi connectivity index (χ3n) is 3.10. The van der Waals surface area contributed by atoms with E-state index in [0.717, 1.165) is 10.5 Å². The van der Waals surface area contributed by atoms with Crippen molar-refractivity contribution in [2.24, 2.45) is 0 Å². The zero-order valence-electron chi connectivity index (χ0n) is 11.9. The molecule has 21 heavy (non-hydrogen) atoms. The van der Waals surface area contributed by atoms with Crippen molar-refractivity contribution in [3.63, 3.8) is 0 Å². The van der Waals surface area contributed by atoms with E-state index >= 15 is 0 Å². The first kappa shape index (κ1) is 15.6. The number of rotatable bonds is 6. The summed E-state index contributed by atoms with van der Waals surface area (Å²) in [5, 5.41) is 2.88. The Balaban J connectivity index is 1.70. The second-order valence-corrected chi connectivity index (χ2v) is 5.80. The average Bonchev–Trinajstić information content (AvgIpc) is 2.48.